The molecule has 0 radical (unpaired) electrons. The van der Waals surface area contributed by atoms with E-state index in [9.17, 15) is 24.2 Å². The molecule has 108 valence electrons. The topological polar surface area (TPSA) is 107 Å². The van der Waals surface area contributed by atoms with Crippen LogP contribution < -0.4 is 5.32 Å². The minimum absolute atomic E-state index is 0.236. The lowest BCUT2D eigenvalue weighted by atomic mass is 10.1. The van der Waals surface area contributed by atoms with E-state index in [1.54, 1.807) is 0 Å². The van der Waals surface area contributed by atoms with Crippen molar-refractivity contribution in [1.29, 1.82) is 0 Å². The van der Waals surface area contributed by atoms with Crippen LogP contribution in [0.25, 0.3) is 0 Å². The number of aromatic carboxylic acids is 1. The van der Waals surface area contributed by atoms with Crippen molar-refractivity contribution in [3.8, 4) is 11.5 Å². The summed E-state index contributed by atoms with van der Waals surface area (Å²) in [4.78, 5) is 22.6. The van der Waals surface area contributed by atoms with Crippen molar-refractivity contribution in [2.75, 3.05) is 5.32 Å². The van der Waals surface area contributed by atoms with E-state index in [0.717, 1.165) is 30.3 Å². The molecule has 0 saturated carbocycles. The standard InChI is InChI=1S/C14H10FNO5/c15-10-5-7(14(20)21)1-3-11(10)16-13(19)9-6-8(17)2-4-12(9)18/h1-6,17-18H,(H,16,19)(H,20,21). The van der Waals surface area contributed by atoms with Gasteiger partial charge >= 0.3 is 5.97 Å². The van der Waals surface area contributed by atoms with Crippen LogP contribution in [0.1, 0.15) is 20.7 Å². The number of carbonyl (C=O) groups excluding carboxylic acids is 1. The number of halogens is 1. The zero-order valence-corrected chi connectivity index (χ0v) is 10.5. The van der Waals surface area contributed by atoms with Gasteiger partial charge in [-0.15, -0.1) is 0 Å². The van der Waals surface area contributed by atoms with Gasteiger partial charge in [-0.1, -0.05) is 0 Å². The number of carboxylic acid groups (broad SMARTS) is 1. The number of phenolic OH excluding ortho intramolecular Hbond substituents is 2. The van der Waals surface area contributed by atoms with Crippen molar-refractivity contribution in [2.45, 2.75) is 0 Å². The maximum Gasteiger partial charge on any atom is 0.335 e. The molecule has 0 unspecified atom stereocenters. The molecular weight excluding hydrogens is 281 g/mol. The van der Waals surface area contributed by atoms with Gasteiger partial charge in [0.05, 0.1) is 16.8 Å². The van der Waals surface area contributed by atoms with Crippen molar-refractivity contribution in [1.82, 2.24) is 0 Å². The van der Waals surface area contributed by atoms with Gasteiger partial charge in [0.15, 0.2) is 0 Å². The maximum absolute atomic E-state index is 13.7. The Hall–Kier alpha value is -3.09. The van der Waals surface area contributed by atoms with Gasteiger partial charge in [-0.05, 0) is 36.4 Å². The molecule has 0 aliphatic carbocycles. The Balaban J connectivity index is 2.27. The highest BCUT2D eigenvalue weighted by molar-refractivity contribution is 6.06. The highest BCUT2D eigenvalue weighted by Crippen LogP contribution is 2.24. The Labute approximate surface area is 118 Å². The summed E-state index contributed by atoms with van der Waals surface area (Å²) in [6.45, 7) is 0. The Morgan fingerprint density at radius 1 is 1.05 bits per heavy atom. The van der Waals surface area contributed by atoms with Crippen molar-refractivity contribution in [3.63, 3.8) is 0 Å². The smallest absolute Gasteiger partial charge is 0.335 e. The van der Waals surface area contributed by atoms with Crippen LogP contribution in [0.15, 0.2) is 36.4 Å². The van der Waals surface area contributed by atoms with Crippen molar-refractivity contribution in [2.24, 2.45) is 0 Å². The molecule has 0 aliphatic rings. The van der Waals surface area contributed by atoms with Gasteiger partial charge in [-0.25, -0.2) is 9.18 Å². The zero-order chi connectivity index (χ0) is 15.6. The molecule has 0 spiro atoms. The fourth-order valence-electron chi connectivity index (χ4n) is 1.65. The molecule has 0 atom stereocenters. The van der Waals surface area contributed by atoms with Crippen LogP contribution >= 0.6 is 0 Å². The number of phenols is 2. The highest BCUT2D eigenvalue weighted by atomic mass is 19.1. The first kappa shape index (κ1) is 14.3. The van der Waals surface area contributed by atoms with Gasteiger partial charge < -0.3 is 20.6 Å². The van der Waals surface area contributed by atoms with Gasteiger partial charge in [-0.3, -0.25) is 4.79 Å². The second-order valence-corrected chi connectivity index (χ2v) is 4.16. The van der Waals surface area contributed by atoms with Gasteiger partial charge in [-0.2, -0.15) is 0 Å². The number of carbonyl (C=O) groups is 2. The average Bonchev–Trinajstić information content (AvgIpc) is 2.43. The molecule has 0 heterocycles. The van der Waals surface area contributed by atoms with Crippen molar-refractivity contribution < 1.29 is 29.3 Å². The third kappa shape index (κ3) is 3.08. The Bertz CT molecular complexity index is 729. The van der Waals surface area contributed by atoms with E-state index >= 15 is 0 Å². The monoisotopic (exact) mass is 291 g/mol. The first-order chi connectivity index (χ1) is 9.88. The van der Waals surface area contributed by atoms with E-state index in [1.807, 2.05) is 0 Å². The maximum atomic E-state index is 13.7. The number of aromatic hydroxyl groups is 2. The summed E-state index contributed by atoms with van der Waals surface area (Å²) < 4.78 is 13.7. The van der Waals surface area contributed by atoms with E-state index in [0.29, 0.717) is 0 Å². The first-order valence-electron chi connectivity index (χ1n) is 5.74. The Morgan fingerprint density at radius 3 is 2.38 bits per heavy atom. The van der Waals surface area contributed by atoms with Crippen LogP contribution in [0.5, 0.6) is 11.5 Å². The first-order valence-corrected chi connectivity index (χ1v) is 5.74. The molecule has 21 heavy (non-hydrogen) atoms. The zero-order valence-electron chi connectivity index (χ0n) is 10.5. The van der Waals surface area contributed by atoms with Gasteiger partial charge in [0.2, 0.25) is 0 Å². The summed E-state index contributed by atoms with van der Waals surface area (Å²) in [5.41, 5.74) is -0.741. The predicted octanol–water partition coefficient (Wildman–Crippen LogP) is 2.19. The molecule has 4 N–H and O–H groups in total. The molecule has 0 bridgehead atoms. The quantitative estimate of drug-likeness (QED) is 0.648. The van der Waals surface area contributed by atoms with Crippen LogP contribution in [0.3, 0.4) is 0 Å². The van der Waals surface area contributed by atoms with E-state index in [1.165, 1.54) is 6.07 Å². The molecule has 6 nitrogen and oxygen atoms in total. The number of hydrogen-bond acceptors (Lipinski definition) is 4. The minimum atomic E-state index is -1.29. The van der Waals surface area contributed by atoms with Crippen LogP contribution in [0.4, 0.5) is 10.1 Å². The largest absolute Gasteiger partial charge is 0.508 e. The van der Waals surface area contributed by atoms with E-state index < -0.39 is 17.7 Å². The molecule has 2 rings (SSSR count). The number of anilines is 1. The van der Waals surface area contributed by atoms with Gasteiger partial charge in [0, 0.05) is 0 Å². The Kier molecular flexibility index (Phi) is 3.75. The molecule has 0 fully saturated rings. The normalized spacial score (nSPS) is 10.1. The second kappa shape index (κ2) is 5.49. The summed E-state index contributed by atoms with van der Waals surface area (Å²) in [7, 11) is 0. The molecule has 2 aromatic carbocycles. The highest BCUT2D eigenvalue weighted by Gasteiger charge is 2.15. The van der Waals surface area contributed by atoms with E-state index in [4.69, 9.17) is 5.11 Å². The van der Waals surface area contributed by atoms with Crippen molar-refractivity contribution in [3.05, 3.63) is 53.3 Å². The summed E-state index contributed by atoms with van der Waals surface area (Å²) >= 11 is 0. The molecule has 1 amide bonds. The summed E-state index contributed by atoms with van der Waals surface area (Å²) in [6.07, 6.45) is 0. The number of amides is 1. The van der Waals surface area contributed by atoms with Crippen LogP contribution in [0.2, 0.25) is 0 Å². The number of benzene rings is 2. The van der Waals surface area contributed by atoms with E-state index in [-0.39, 0.29) is 28.3 Å². The molecule has 0 saturated heterocycles. The molecule has 2 aromatic rings. The summed E-state index contributed by atoms with van der Waals surface area (Å²) in [5.74, 6) is -3.68. The van der Waals surface area contributed by atoms with Crippen molar-refractivity contribution >= 4 is 17.6 Å². The summed E-state index contributed by atoms with van der Waals surface area (Å²) in [6, 6.07) is 6.32. The van der Waals surface area contributed by atoms with Crippen LogP contribution in [0, 0.1) is 5.82 Å². The third-order valence-corrected chi connectivity index (χ3v) is 2.69. The fourth-order valence-corrected chi connectivity index (χ4v) is 1.65. The number of hydrogen-bond donors (Lipinski definition) is 4. The predicted molar refractivity (Wildman–Crippen MR) is 71.1 cm³/mol. The summed E-state index contributed by atoms with van der Waals surface area (Å²) in [5, 5.41) is 29.7. The SMILES string of the molecule is O=C(O)c1ccc(NC(=O)c2cc(O)ccc2O)c(F)c1. The van der Waals surface area contributed by atoms with Crippen LogP contribution in [-0.2, 0) is 0 Å². The van der Waals surface area contributed by atoms with Gasteiger partial charge in [0.25, 0.3) is 5.91 Å². The molecule has 0 aliphatic heterocycles. The fraction of sp³-hybridized carbons (Fsp3) is 0. The number of rotatable bonds is 3. The molecular formula is C14H10FNO5. The minimum Gasteiger partial charge on any atom is -0.508 e. The lowest BCUT2D eigenvalue weighted by Gasteiger charge is -2.08. The third-order valence-electron chi connectivity index (χ3n) is 2.69. The lowest BCUT2D eigenvalue weighted by molar-refractivity contribution is 0.0696. The lowest BCUT2D eigenvalue weighted by Crippen LogP contribution is -2.13. The Morgan fingerprint density at radius 2 is 1.76 bits per heavy atom. The van der Waals surface area contributed by atoms with E-state index in [2.05, 4.69) is 5.32 Å². The van der Waals surface area contributed by atoms with Crippen LogP contribution in [-0.4, -0.2) is 27.2 Å². The number of nitrogens with one attached hydrogen (secondary N) is 1. The molecule has 7 heteroatoms. The molecule has 0 aromatic heterocycles. The number of carboxylic acids is 1. The van der Waals surface area contributed by atoms with Gasteiger partial charge in [0.1, 0.15) is 17.3 Å². The average molecular weight is 291 g/mol. The second-order valence-electron chi connectivity index (χ2n) is 4.16.